The van der Waals surface area contributed by atoms with Crippen LogP contribution in [0.15, 0.2) is 0 Å². The van der Waals surface area contributed by atoms with Crippen LogP contribution in [-0.4, -0.2) is 52.0 Å². The molecule has 0 spiro atoms. The number of hydrogen-bond acceptors (Lipinski definition) is 4. The number of aliphatic hydroxyl groups is 1. The molecule has 0 aromatic heterocycles. The van der Waals surface area contributed by atoms with E-state index in [1.165, 1.54) is 0 Å². The maximum Gasteiger partial charge on any atom is 0.410 e. The fraction of sp³-hybridized carbons (Fsp3) is 0.941. The molecule has 0 aliphatic carbocycles. The van der Waals surface area contributed by atoms with Crippen LogP contribution >= 0.6 is 0 Å². The Bertz CT molecular complexity index is 380. The highest BCUT2D eigenvalue weighted by atomic mass is 16.6. The third kappa shape index (κ3) is 5.43. The summed E-state index contributed by atoms with van der Waals surface area (Å²) in [4.78, 5) is 14.2. The summed E-state index contributed by atoms with van der Waals surface area (Å²) >= 11 is 0. The maximum absolute atomic E-state index is 12.4. The lowest BCUT2D eigenvalue weighted by atomic mass is 9.85. The van der Waals surface area contributed by atoms with E-state index in [9.17, 15) is 9.90 Å². The van der Waals surface area contributed by atoms with Gasteiger partial charge in [0.15, 0.2) is 0 Å². The lowest BCUT2D eigenvalue weighted by Crippen LogP contribution is -2.60. The number of rotatable bonds is 4. The third-order valence-corrected chi connectivity index (χ3v) is 4.56. The van der Waals surface area contributed by atoms with Crippen LogP contribution in [0, 0.1) is 0 Å². The standard InChI is InChI=1S/C17H34N2O3/c1-15(2,3)22-14(20)19-11-9-8-10-13(19)12-18-16(4,5)17(6,7)21/h13,18,21H,8-12H2,1-7H3. The van der Waals surface area contributed by atoms with Gasteiger partial charge in [0.25, 0.3) is 0 Å². The van der Waals surface area contributed by atoms with Gasteiger partial charge in [-0.05, 0) is 67.7 Å². The number of carbonyl (C=O) groups is 1. The Morgan fingerprint density at radius 1 is 1.18 bits per heavy atom. The predicted molar refractivity (Wildman–Crippen MR) is 89.0 cm³/mol. The molecule has 1 amide bonds. The number of nitrogens with zero attached hydrogens (tertiary/aromatic N) is 1. The molecular formula is C17H34N2O3. The van der Waals surface area contributed by atoms with Gasteiger partial charge in [-0.2, -0.15) is 0 Å². The first kappa shape index (κ1) is 19.2. The zero-order valence-corrected chi connectivity index (χ0v) is 15.3. The fourth-order valence-corrected chi connectivity index (χ4v) is 2.36. The van der Waals surface area contributed by atoms with E-state index in [0.29, 0.717) is 6.54 Å². The summed E-state index contributed by atoms with van der Waals surface area (Å²) < 4.78 is 5.52. The summed E-state index contributed by atoms with van der Waals surface area (Å²) in [5, 5.41) is 13.7. The van der Waals surface area contributed by atoms with Gasteiger partial charge in [0.1, 0.15) is 5.60 Å². The second-order valence-electron chi connectivity index (χ2n) is 8.39. The second kappa shape index (κ2) is 6.75. The molecule has 1 fully saturated rings. The van der Waals surface area contributed by atoms with Crippen molar-refractivity contribution in [3.63, 3.8) is 0 Å². The Hall–Kier alpha value is -0.810. The number of amides is 1. The largest absolute Gasteiger partial charge is 0.444 e. The smallest absolute Gasteiger partial charge is 0.410 e. The van der Waals surface area contributed by atoms with Crippen molar-refractivity contribution in [1.82, 2.24) is 10.2 Å². The Morgan fingerprint density at radius 3 is 2.27 bits per heavy atom. The van der Waals surface area contributed by atoms with Gasteiger partial charge in [-0.15, -0.1) is 0 Å². The minimum absolute atomic E-state index is 0.116. The van der Waals surface area contributed by atoms with Crippen molar-refractivity contribution >= 4 is 6.09 Å². The summed E-state index contributed by atoms with van der Waals surface area (Å²) in [7, 11) is 0. The molecule has 1 aliphatic heterocycles. The average molecular weight is 314 g/mol. The van der Waals surface area contributed by atoms with E-state index in [4.69, 9.17) is 4.74 Å². The van der Waals surface area contributed by atoms with Crippen molar-refractivity contribution < 1.29 is 14.6 Å². The lowest BCUT2D eigenvalue weighted by molar-refractivity contribution is -0.0133. The number of nitrogens with one attached hydrogen (secondary N) is 1. The van der Waals surface area contributed by atoms with Crippen LogP contribution in [0.3, 0.4) is 0 Å². The van der Waals surface area contributed by atoms with Crippen LogP contribution < -0.4 is 5.32 Å². The van der Waals surface area contributed by atoms with Gasteiger partial charge in [-0.25, -0.2) is 4.79 Å². The van der Waals surface area contributed by atoms with Crippen LogP contribution in [0.5, 0.6) is 0 Å². The average Bonchev–Trinajstić information content (AvgIpc) is 2.33. The van der Waals surface area contributed by atoms with Crippen molar-refractivity contribution in [3.8, 4) is 0 Å². The molecule has 0 radical (unpaired) electrons. The van der Waals surface area contributed by atoms with Crippen LogP contribution in [0.2, 0.25) is 0 Å². The van der Waals surface area contributed by atoms with E-state index in [2.05, 4.69) is 5.32 Å². The molecule has 0 aromatic carbocycles. The number of ether oxygens (including phenoxy) is 1. The number of likely N-dealkylation sites (tertiary alicyclic amines) is 1. The number of carbonyl (C=O) groups excluding carboxylic acids is 1. The highest BCUT2D eigenvalue weighted by Crippen LogP contribution is 2.23. The van der Waals surface area contributed by atoms with Gasteiger partial charge >= 0.3 is 6.09 Å². The molecule has 22 heavy (non-hydrogen) atoms. The van der Waals surface area contributed by atoms with Crippen molar-refractivity contribution in [2.24, 2.45) is 0 Å². The summed E-state index contributed by atoms with van der Waals surface area (Å²) in [6.45, 7) is 14.6. The monoisotopic (exact) mass is 314 g/mol. The Morgan fingerprint density at radius 2 is 1.77 bits per heavy atom. The van der Waals surface area contributed by atoms with Gasteiger partial charge in [0.2, 0.25) is 0 Å². The molecule has 0 aromatic rings. The topological polar surface area (TPSA) is 61.8 Å². The number of piperidine rings is 1. The van der Waals surface area contributed by atoms with E-state index in [1.54, 1.807) is 13.8 Å². The molecule has 130 valence electrons. The van der Waals surface area contributed by atoms with E-state index in [-0.39, 0.29) is 12.1 Å². The van der Waals surface area contributed by atoms with Gasteiger partial charge in [-0.1, -0.05) is 0 Å². The van der Waals surface area contributed by atoms with Gasteiger partial charge in [0.05, 0.1) is 5.60 Å². The number of hydrogen-bond donors (Lipinski definition) is 2. The zero-order chi connectivity index (χ0) is 17.2. The molecule has 1 saturated heterocycles. The summed E-state index contributed by atoms with van der Waals surface area (Å²) in [5.74, 6) is 0. The van der Waals surface area contributed by atoms with Gasteiger partial charge in [0, 0.05) is 24.7 Å². The van der Waals surface area contributed by atoms with Gasteiger partial charge in [-0.3, -0.25) is 0 Å². The van der Waals surface area contributed by atoms with Crippen molar-refractivity contribution in [2.75, 3.05) is 13.1 Å². The SMILES string of the molecule is CC(C)(C)OC(=O)N1CCCCC1CNC(C)(C)C(C)(C)O. The van der Waals surface area contributed by atoms with Crippen molar-refractivity contribution in [2.45, 2.75) is 90.5 Å². The van der Waals surface area contributed by atoms with Crippen LogP contribution in [0.25, 0.3) is 0 Å². The van der Waals surface area contributed by atoms with Crippen molar-refractivity contribution in [1.29, 1.82) is 0 Å². The molecule has 1 heterocycles. The molecule has 2 N–H and O–H groups in total. The molecule has 5 heteroatoms. The van der Waals surface area contributed by atoms with E-state index in [1.807, 2.05) is 39.5 Å². The minimum atomic E-state index is -0.835. The first-order valence-corrected chi connectivity index (χ1v) is 8.30. The molecular weight excluding hydrogens is 280 g/mol. The highest BCUT2D eigenvalue weighted by Gasteiger charge is 2.37. The Kier molecular flexibility index (Phi) is 5.90. The van der Waals surface area contributed by atoms with E-state index < -0.39 is 16.7 Å². The normalized spacial score (nSPS) is 20.9. The lowest BCUT2D eigenvalue weighted by Gasteiger charge is -2.42. The molecule has 5 nitrogen and oxygen atoms in total. The predicted octanol–water partition coefficient (Wildman–Crippen LogP) is 2.92. The van der Waals surface area contributed by atoms with E-state index in [0.717, 1.165) is 25.8 Å². The minimum Gasteiger partial charge on any atom is -0.444 e. The van der Waals surface area contributed by atoms with Gasteiger partial charge < -0.3 is 20.1 Å². The zero-order valence-electron chi connectivity index (χ0n) is 15.3. The first-order valence-electron chi connectivity index (χ1n) is 8.30. The Labute approximate surface area is 135 Å². The third-order valence-electron chi connectivity index (χ3n) is 4.56. The summed E-state index contributed by atoms with van der Waals surface area (Å²) in [5.41, 5.74) is -1.73. The van der Waals surface area contributed by atoms with Crippen LogP contribution in [0.4, 0.5) is 4.79 Å². The molecule has 1 aliphatic rings. The summed E-state index contributed by atoms with van der Waals surface area (Å²) in [6.07, 6.45) is 2.87. The van der Waals surface area contributed by atoms with Crippen molar-refractivity contribution in [3.05, 3.63) is 0 Å². The molecule has 1 rings (SSSR count). The molecule has 1 unspecified atom stereocenters. The Balaban J connectivity index is 2.68. The quantitative estimate of drug-likeness (QED) is 0.837. The summed E-state index contributed by atoms with van der Waals surface area (Å²) in [6, 6.07) is 0.116. The fourth-order valence-electron chi connectivity index (χ4n) is 2.36. The molecule has 0 saturated carbocycles. The molecule has 0 bridgehead atoms. The first-order chi connectivity index (χ1) is 9.83. The van der Waals surface area contributed by atoms with Crippen LogP contribution in [-0.2, 0) is 4.74 Å². The van der Waals surface area contributed by atoms with E-state index >= 15 is 0 Å². The maximum atomic E-state index is 12.4. The second-order valence-corrected chi connectivity index (χ2v) is 8.39. The molecule has 1 atom stereocenters. The van der Waals surface area contributed by atoms with Crippen LogP contribution in [0.1, 0.15) is 67.7 Å². The highest BCUT2D eigenvalue weighted by molar-refractivity contribution is 5.68.